The topological polar surface area (TPSA) is 67.9 Å². The van der Waals surface area contributed by atoms with Crippen LogP contribution in [0, 0.1) is 0 Å². The number of aryl methyl sites for hydroxylation is 1. The summed E-state index contributed by atoms with van der Waals surface area (Å²) >= 11 is 0. The molecule has 200 valence electrons. The van der Waals surface area contributed by atoms with Gasteiger partial charge in [-0.1, -0.05) is 74.4 Å². The average molecular weight is 515 g/mol. The Hall–Kier alpha value is -3.80. The van der Waals surface area contributed by atoms with Gasteiger partial charge < -0.3 is 19.7 Å². The number of hydrogen-bond acceptors (Lipinski definition) is 4. The second-order valence-corrected chi connectivity index (χ2v) is 9.85. The molecule has 1 saturated carbocycles. The fourth-order valence-electron chi connectivity index (χ4n) is 4.94. The number of nitrogens with zero attached hydrogens (tertiary/aromatic N) is 1. The number of rotatable bonds is 12. The first kappa shape index (κ1) is 27.2. The molecule has 0 aliphatic heterocycles. The largest absolute Gasteiger partial charge is 0.497 e. The van der Waals surface area contributed by atoms with Crippen molar-refractivity contribution in [2.45, 2.75) is 64.1 Å². The summed E-state index contributed by atoms with van der Waals surface area (Å²) in [6.07, 6.45) is 5.54. The lowest BCUT2D eigenvalue weighted by Gasteiger charge is -2.32. The maximum atomic E-state index is 13.8. The third-order valence-electron chi connectivity index (χ3n) is 7.15. The van der Waals surface area contributed by atoms with Gasteiger partial charge in [0.05, 0.1) is 7.11 Å². The Labute approximate surface area is 226 Å². The number of hydrogen-bond donors (Lipinski definition) is 1. The first-order chi connectivity index (χ1) is 18.6. The fraction of sp³-hybridized carbons (Fsp3) is 0.375. The first-order valence-electron chi connectivity index (χ1n) is 13.5. The number of carbonyl (C=O) groups is 2. The molecule has 0 aromatic heterocycles. The molecule has 2 amide bonds. The van der Waals surface area contributed by atoms with Crippen molar-refractivity contribution < 1.29 is 19.1 Å². The van der Waals surface area contributed by atoms with Crippen molar-refractivity contribution in [1.29, 1.82) is 0 Å². The molecule has 4 rings (SSSR count). The van der Waals surface area contributed by atoms with Gasteiger partial charge in [0.15, 0.2) is 6.61 Å². The van der Waals surface area contributed by atoms with Crippen molar-refractivity contribution in [2.75, 3.05) is 13.7 Å². The van der Waals surface area contributed by atoms with Gasteiger partial charge in [-0.05, 0) is 60.2 Å². The Bertz CT molecular complexity index is 1170. The zero-order valence-electron chi connectivity index (χ0n) is 22.4. The highest BCUT2D eigenvalue weighted by Crippen LogP contribution is 2.22. The predicted octanol–water partition coefficient (Wildman–Crippen LogP) is 5.34. The standard InChI is InChI=1S/C32H38N2O4/c1-3-24-16-18-28(19-17-24)38-23-31(35)34(22-26-12-9-15-29(20-26)37-2)30(21-25-10-5-4-6-11-25)32(36)33-27-13-7-8-14-27/h4-6,9-12,15-20,27,30H,3,7-8,13-14,21-23H2,1-2H3,(H,33,36)/t30-/m0/s1. The van der Waals surface area contributed by atoms with Gasteiger partial charge in [0.25, 0.3) is 5.91 Å². The van der Waals surface area contributed by atoms with Gasteiger partial charge in [0.2, 0.25) is 5.91 Å². The zero-order chi connectivity index (χ0) is 26.7. The Morgan fingerprint density at radius 1 is 0.895 bits per heavy atom. The van der Waals surface area contributed by atoms with Crippen LogP contribution in [0.1, 0.15) is 49.3 Å². The molecule has 1 fully saturated rings. The van der Waals surface area contributed by atoms with Crippen LogP contribution in [-0.2, 0) is 29.0 Å². The maximum Gasteiger partial charge on any atom is 0.261 e. The van der Waals surface area contributed by atoms with E-state index in [1.165, 1.54) is 5.56 Å². The Balaban J connectivity index is 1.60. The molecule has 6 nitrogen and oxygen atoms in total. The van der Waals surface area contributed by atoms with Crippen LogP contribution in [0.4, 0.5) is 0 Å². The van der Waals surface area contributed by atoms with Crippen LogP contribution in [-0.4, -0.2) is 42.5 Å². The summed E-state index contributed by atoms with van der Waals surface area (Å²) in [5.41, 5.74) is 3.09. The van der Waals surface area contributed by atoms with Gasteiger partial charge in [-0.25, -0.2) is 0 Å². The summed E-state index contributed by atoms with van der Waals surface area (Å²) in [6.45, 7) is 2.21. The van der Waals surface area contributed by atoms with E-state index in [0.29, 0.717) is 17.9 Å². The number of methoxy groups -OCH3 is 1. The molecule has 1 atom stereocenters. The molecule has 1 N–H and O–H groups in total. The van der Waals surface area contributed by atoms with Crippen LogP contribution in [0.15, 0.2) is 78.9 Å². The summed E-state index contributed by atoms with van der Waals surface area (Å²) in [5.74, 6) is 0.975. The van der Waals surface area contributed by atoms with E-state index in [4.69, 9.17) is 9.47 Å². The Kier molecular flexibility index (Phi) is 9.79. The average Bonchev–Trinajstić information content (AvgIpc) is 3.47. The molecule has 0 radical (unpaired) electrons. The van der Waals surface area contributed by atoms with E-state index in [2.05, 4.69) is 12.2 Å². The quantitative estimate of drug-likeness (QED) is 0.355. The van der Waals surface area contributed by atoms with E-state index >= 15 is 0 Å². The summed E-state index contributed by atoms with van der Waals surface area (Å²) in [5, 5.41) is 3.23. The van der Waals surface area contributed by atoms with Crippen molar-refractivity contribution in [3.63, 3.8) is 0 Å². The third kappa shape index (κ3) is 7.60. The highest BCUT2D eigenvalue weighted by Gasteiger charge is 2.32. The third-order valence-corrected chi connectivity index (χ3v) is 7.15. The summed E-state index contributed by atoms with van der Waals surface area (Å²) in [7, 11) is 1.62. The number of amides is 2. The lowest BCUT2D eigenvalue weighted by Crippen LogP contribution is -2.53. The second kappa shape index (κ2) is 13.7. The van der Waals surface area contributed by atoms with E-state index in [0.717, 1.165) is 43.2 Å². The number of benzene rings is 3. The van der Waals surface area contributed by atoms with Crippen LogP contribution in [0.25, 0.3) is 0 Å². The first-order valence-corrected chi connectivity index (χ1v) is 13.5. The second-order valence-electron chi connectivity index (χ2n) is 9.85. The monoisotopic (exact) mass is 514 g/mol. The number of ether oxygens (including phenoxy) is 2. The van der Waals surface area contributed by atoms with E-state index in [1.54, 1.807) is 12.0 Å². The molecule has 1 aliphatic carbocycles. The summed E-state index contributed by atoms with van der Waals surface area (Å²) in [6, 6.07) is 24.7. The molecule has 3 aromatic rings. The normalized spacial score (nSPS) is 14.1. The molecule has 0 heterocycles. The number of carbonyl (C=O) groups excluding carboxylic acids is 2. The fourth-order valence-corrected chi connectivity index (χ4v) is 4.94. The summed E-state index contributed by atoms with van der Waals surface area (Å²) in [4.78, 5) is 29.2. The molecule has 38 heavy (non-hydrogen) atoms. The highest BCUT2D eigenvalue weighted by molar-refractivity contribution is 5.88. The molecule has 3 aromatic carbocycles. The molecule has 0 bridgehead atoms. The van der Waals surface area contributed by atoms with Crippen LogP contribution < -0.4 is 14.8 Å². The number of nitrogens with one attached hydrogen (secondary N) is 1. The Morgan fingerprint density at radius 2 is 1.61 bits per heavy atom. The molecule has 6 heteroatoms. The van der Waals surface area contributed by atoms with Gasteiger partial charge >= 0.3 is 0 Å². The van der Waals surface area contributed by atoms with E-state index < -0.39 is 6.04 Å². The van der Waals surface area contributed by atoms with Crippen LogP contribution in [0.2, 0.25) is 0 Å². The highest BCUT2D eigenvalue weighted by atomic mass is 16.5. The minimum atomic E-state index is -0.678. The summed E-state index contributed by atoms with van der Waals surface area (Å²) < 4.78 is 11.3. The molecule has 1 aliphatic rings. The van der Waals surface area contributed by atoms with E-state index in [1.807, 2.05) is 78.9 Å². The van der Waals surface area contributed by atoms with Crippen LogP contribution in [0.3, 0.4) is 0 Å². The van der Waals surface area contributed by atoms with Crippen molar-refractivity contribution >= 4 is 11.8 Å². The van der Waals surface area contributed by atoms with Gasteiger partial charge in [-0.2, -0.15) is 0 Å². The predicted molar refractivity (Wildman–Crippen MR) is 149 cm³/mol. The molecular formula is C32H38N2O4. The smallest absolute Gasteiger partial charge is 0.261 e. The lowest BCUT2D eigenvalue weighted by atomic mass is 10.0. The minimum absolute atomic E-state index is 0.121. The van der Waals surface area contributed by atoms with Crippen molar-refractivity contribution in [3.05, 3.63) is 95.6 Å². The van der Waals surface area contributed by atoms with Crippen LogP contribution >= 0.6 is 0 Å². The van der Waals surface area contributed by atoms with Crippen molar-refractivity contribution in [1.82, 2.24) is 10.2 Å². The molecule has 0 unspecified atom stereocenters. The zero-order valence-corrected chi connectivity index (χ0v) is 22.4. The van der Waals surface area contributed by atoms with E-state index in [9.17, 15) is 9.59 Å². The minimum Gasteiger partial charge on any atom is -0.497 e. The molecule has 0 spiro atoms. The lowest BCUT2D eigenvalue weighted by molar-refractivity contribution is -0.143. The van der Waals surface area contributed by atoms with Gasteiger partial charge in [-0.15, -0.1) is 0 Å². The maximum absolute atomic E-state index is 13.8. The van der Waals surface area contributed by atoms with Crippen molar-refractivity contribution in [3.8, 4) is 11.5 Å². The Morgan fingerprint density at radius 3 is 2.29 bits per heavy atom. The van der Waals surface area contributed by atoms with Gasteiger partial charge in [0, 0.05) is 19.0 Å². The van der Waals surface area contributed by atoms with Crippen LogP contribution in [0.5, 0.6) is 11.5 Å². The van der Waals surface area contributed by atoms with Gasteiger partial charge in [0.1, 0.15) is 17.5 Å². The SMILES string of the molecule is CCc1ccc(OCC(=O)N(Cc2cccc(OC)c2)[C@@H](Cc2ccccc2)C(=O)NC2CCCC2)cc1. The van der Waals surface area contributed by atoms with Crippen molar-refractivity contribution in [2.24, 2.45) is 0 Å². The van der Waals surface area contributed by atoms with E-state index in [-0.39, 0.29) is 31.0 Å². The molecule has 0 saturated heterocycles. The molecular weight excluding hydrogens is 476 g/mol. The van der Waals surface area contributed by atoms with Gasteiger partial charge in [-0.3, -0.25) is 9.59 Å².